The van der Waals surface area contributed by atoms with E-state index < -0.39 is 0 Å². The minimum atomic E-state index is -0.0909. The molecule has 0 aliphatic rings. The number of nitrogens with zero attached hydrogens (tertiary/aromatic N) is 2. The summed E-state index contributed by atoms with van der Waals surface area (Å²) in [6.07, 6.45) is 0.858. The molecule has 0 saturated carbocycles. The summed E-state index contributed by atoms with van der Waals surface area (Å²) in [5.41, 5.74) is 2.75. The summed E-state index contributed by atoms with van der Waals surface area (Å²) in [5, 5.41) is 2.93. The summed E-state index contributed by atoms with van der Waals surface area (Å²) in [7, 11) is 5.46. The Kier molecular flexibility index (Phi) is 8.58. The number of hydrogen-bond acceptors (Lipinski definition) is 4. The molecule has 1 atom stereocenters. The second-order valence-electron chi connectivity index (χ2n) is 7.09. The van der Waals surface area contributed by atoms with Gasteiger partial charge in [-0.3, -0.25) is 9.59 Å². The third-order valence-corrected chi connectivity index (χ3v) is 4.40. The minimum absolute atomic E-state index is 0.0252. The predicted molar refractivity (Wildman–Crippen MR) is 106 cm³/mol. The molecule has 2 amide bonds. The van der Waals surface area contributed by atoms with Crippen molar-refractivity contribution in [3.8, 4) is 0 Å². The van der Waals surface area contributed by atoms with Gasteiger partial charge in [0.2, 0.25) is 11.8 Å². The molecule has 6 nitrogen and oxygen atoms in total. The molecule has 1 N–H and O–H groups in total. The predicted octanol–water partition coefficient (Wildman–Crippen LogP) is 3.12. The molecule has 0 aromatic heterocycles. The highest BCUT2D eigenvalue weighted by molar-refractivity contribution is 5.92. The van der Waals surface area contributed by atoms with Gasteiger partial charge in [-0.15, -0.1) is 0 Å². The largest absolute Gasteiger partial charge is 0.377 e. The molecule has 0 aliphatic heterocycles. The second-order valence-corrected chi connectivity index (χ2v) is 7.09. The highest BCUT2D eigenvalue weighted by atomic mass is 16.5. The summed E-state index contributed by atoms with van der Waals surface area (Å²) >= 11 is 0. The van der Waals surface area contributed by atoms with Gasteiger partial charge in [0.25, 0.3) is 0 Å². The van der Waals surface area contributed by atoms with Crippen LogP contribution in [0.5, 0.6) is 0 Å². The Hall–Kier alpha value is -2.08. The van der Waals surface area contributed by atoms with Gasteiger partial charge < -0.3 is 19.9 Å². The van der Waals surface area contributed by atoms with Crippen molar-refractivity contribution in [2.24, 2.45) is 5.92 Å². The smallest absolute Gasteiger partial charge is 0.249 e. The van der Waals surface area contributed by atoms with E-state index >= 15 is 0 Å². The molecule has 1 aromatic carbocycles. The van der Waals surface area contributed by atoms with Crippen LogP contribution in [-0.4, -0.2) is 50.6 Å². The highest BCUT2D eigenvalue weighted by Crippen LogP contribution is 2.26. The van der Waals surface area contributed by atoms with Crippen LogP contribution in [0.2, 0.25) is 0 Å². The lowest BCUT2D eigenvalue weighted by Gasteiger charge is -2.30. The van der Waals surface area contributed by atoms with Gasteiger partial charge in [-0.25, -0.2) is 0 Å². The highest BCUT2D eigenvalue weighted by Gasteiger charge is 2.21. The van der Waals surface area contributed by atoms with Crippen LogP contribution in [0.1, 0.15) is 39.7 Å². The van der Waals surface area contributed by atoms with E-state index in [0.717, 1.165) is 23.4 Å². The fourth-order valence-corrected chi connectivity index (χ4v) is 2.61. The molecular weight excluding hydrogens is 330 g/mol. The fraction of sp³-hybridized carbons (Fsp3) is 0.600. The molecule has 0 aliphatic carbocycles. The van der Waals surface area contributed by atoms with Crippen molar-refractivity contribution >= 4 is 23.2 Å². The molecule has 146 valence electrons. The molecule has 0 radical (unpaired) electrons. The van der Waals surface area contributed by atoms with Gasteiger partial charge in [-0.05, 0) is 37.1 Å². The average Bonchev–Trinajstić information content (AvgIpc) is 2.58. The SMILES string of the molecule is CC[C@H](C)N(Cc1cc(NC(=O)C(C)C)ccc1N(C)C)C(=O)COC. The molecular formula is C20H33N3O3. The van der Waals surface area contributed by atoms with Gasteiger partial charge in [-0.2, -0.15) is 0 Å². The van der Waals surface area contributed by atoms with Crippen molar-refractivity contribution in [1.82, 2.24) is 4.90 Å². The van der Waals surface area contributed by atoms with Gasteiger partial charge in [0, 0.05) is 51.1 Å². The lowest BCUT2D eigenvalue weighted by molar-refractivity contribution is -0.138. The van der Waals surface area contributed by atoms with Crippen LogP contribution >= 0.6 is 0 Å². The number of nitrogens with one attached hydrogen (secondary N) is 1. The Morgan fingerprint density at radius 1 is 1.19 bits per heavy atom. The Morgan fingerprint density at radius 2 is 1.85 bits per heavy atom. The first-order chi connectivity index (χ1) is 12.2. The van der Waals surface area contributed by atoms with E-state index in [2.05, 4.69) is 12.2 Å². The maximum absolute atomic E-state index is 12.5. The zero-order chi connectivity index (χ0) is 19.9. The van der Waals surface area contributed by atoms with Crippen LogP contribution in [0.15, 0.2) is 18.2 Å². The third kappa shape index (κ3) is 6.02. The zero-order valence-corrected chi connectivity index (χ0v) is 17.1. The molecule has 1 rings (SSSR count). The zero-order valence-electron chi connectivity index (χ0n) is 17.1. The molecule has 6 heteroatoms. The average molecular weight is 364 g/mol. The van der Waals surface area contributed by atoms with Crippen molar-refractivity contribution in [2.45, 2.75) is 46.7 Å². The first-order valence-corrected chi connectivity index (χ1v) is 9.10. The monoisotopic (exact) mass is 363 g/mol. The number of methoxy groups -OCH3 is 1. The van der Waals surface area contributed by atoms with Gasteiger partial charge >= 0.3 is 0 Å². The van der Waals surface area contributed by atoms with E-state index in [1.807, 2.05) is 62.9 Å². The van der Waals surface area contributed by atoms with Crippen LogP contribution in [-0.2, 0) is 20.9 Å². The lowest BCUT2D eigenvalue weighted by Crippen LogP contribution is -2.40. The Balaban J connectivity index is 3.19. The van der Waals surface area contributed by atoms with E-state index in [0.29, 0.717) is 6.54 Å². The lowest BCUT2D eigenvalue weighted by atomic mass is 10.1. The Labute approximate surface area is 157 Å². The number of amides is 2. The minimum Gasteiger partial charge on any atom is -0.377 e. The van der Waals surface area contributed by atoms with Crippen molar-refractivity contribution in [2.75, 3.05) is 38.0 Å². The number of ether oxygens (including phenoxy) is 1. The maximum atomic E-state index is 12.5. The standard InChI is InChI=1S/C20H33N3O3/c1-8-15(4)23(19(24)13-26-7)12-16-11-17(21-20(25)14(2)3)9-10-18(16)22(5)6/h9-11,14-15H,8,12-13H2,1-7H3,(H,21,25)/t15-/m0/s1. The molecule has 26 heavy (non-hydrogen) atoms. The van der Waals surface area contributed by atoms with Crippen LogP contribution < -0.4 is 10.2 Å². The van der Waals surface area contributed by atoms with E-state index in [4.69, 9.17) is 4.74 Å². The van der Waals surface area contributed by atoms with Crippen molar-refractivity contribution in [3.05, 3.63) is 23.8 Å². The summed E-state index contributed by atoms with van der Waals surface area (Å²) < 4.78 is 5.04. The number of carbonyl (C=O) groups is 2. The van der Waals surface area contributed by atoms with Crippen LogP contribution in [0, 0.1) is 5.92 Å². The normalized spacial score (nSPS) is 12.0. The fourth-order valence-electron chi connectivity index (χ4n) is 2.61. The summed E-state index contributed by atoms with van der Waals surface area (Å²) in [4.78, 5) is 28.4. The number of hydrogen-bond donors (Lipinski definition) is 1. The van der Waals surface area contributed by atoms with Gasteiger partial charge in [0.1, 0.15) is 6.61 Å². The summed E-state index contributed by atoms with van der Waals surface area (Å²) in [6, 6.07) is 5.91. The first kappa shape index (κ1) is 22.0. The molecule has 0 bridgehead atoms. The summed E-state index contributed by atoms with van der Waals surface area (Å²) in [5.74, 6) is -0.155. The number of anilines is 2. The van der Waals surface area contributed by atoms with Crippen LogP contribution in [0.4, 0.5) is 11.4 Å². The van der Waals surface area contributed by atoms with Gasteiger partial charge in [-0.1, -0.05) is 20.8 Å². The Bertz CT molecular complexity index is 614. The van der Waals surface area contributed by atoms with E-state index in [1.165, 1.54) is 7.11 Å². The van der Waals surface area contributed by atoms with Crippen LogP contribution in [0.25, 0.3) is 0 Å². The van der Waals surface area contributed by atoms with E-state index in [9.17, 15) is 9.59 Å². The van der Waals surface area contributed by atoms with E-state index in [-0.39, 0.29) is 30.4 Å². The molecule has 1 aromatic rings. The van der Waals surface area contributed by atoms with Gasteiger partial charge in [0.15, 0.2) is 0 Å². The topological polar surface area (TPSA) is 61.9 Å². The van der Waals surface area contributed by atoms with Crippen molar-refractivity contribution in [1.29, 1.82) is 0 Å². The van der Waals surface area contributed by atoms with E-state index in [1.54, 1.807) is 0 Å². The quantitative estimate of drug-likeness (QED) is 0.732. The van der Waals surface area contributed by atoms with Gasteiger partial charge in [0.05, 0.1) is 0 Å². The molecule has 0 spiro atoms. The molecule has 0 fully saturated rings. The molecule has 0 unspecified atom stereocenters. The third-order valence-electron chi connectivity index (χ3n) is 4.40. The Morgan fingerprint density at radius 3 is 2.35 bits per heavy atom. The molecule has 0 saturated heterocycles. The number of benzene rings is 1. The molecule has 0 heterocycles. The van der Waals surface area contributed by atoms with Crippen molar-refractivity contribution < 1.29 is 14.3 Å². The van der Waals surface area contributed by atoms with Crippen LogP contribution in [0.3, 0.4) is 0 Å². The maximum Gasteiger partial charge on any atom is 0.249 e. The van der Waals surface area contributed by atoms with Crippen molar-refractivity contribution in [3.63, 3.8) is 0 Å². The number of rotatable bonds is 9. The summed E-state index contributed by atoms with van der Waals surface area (Å²) in [6.45, 7) is 8.34. The first-order valence-electron chi connectivity index (χ1n) is 9.10. The number of carbonyl (C=O) groups excluding carboxylic acids is 2. The second kappa shape index (κ2) is 10.2.